The molecular formula is C16H21ClIN3OS. The van der Waals surface area contributed by atoms with E-state index in [0.29, 0.717) is 11.6 Å². The summed E-state index contributed by atoms with van der Waals surface area (Å²) in [7, 11) is 1.76. The van der Waals surface area contributed by atoms with Gasteiger partial charge in [-0.15, -0.1) is 35.3 Å². The lowest BCUT2D eigenvalue weighted by Gasteiger charge is -2.17. The van der Waals surface area contributed by atoms with Crippen molar-refractivity contribution < 1.29 is 4.74 Å². The first-order chi connectivity index (χ1) is 10.7. The second kappa shape index (κ2) is 10.7. The van der Waals surface area contributed by atoms with Crippen molar-refractivity contribution in [2.24, 2.45) is 4.99 Å². The van der Waals surface area contributed by atoms with Gasteiger partial charge in [0.15, 0.2) is 5.96 Å². The first-order valence-electron chi connectivity index (χ1n) is 7.06. The number of halogens is 2. The molecule has 1 atom stereocenters. The van der Waals surface area contributed by atoms with Gasteiger partial charge in [0.05, 0.1) is 13.1 Å². The van der Waals surface area contributed by atoms with Crippen LogP contribution in [0.3, 0.4) is 0 Å². The fourth-order valence-corrected chi connectivity index (χ4v) is 2.68. The molecule has 126 valence electrons. The number of guanidine groups is 1. The second-order valence-electron chi connectivity index (χ2n) is 4.77. The van der Waals surface area contributed by atoms with E-state index in [-0.39, 0.29) is 30.1 Å². The van der Waals surface area contributed by atoms with Crippen molar-refractivity contribution in [3.63, 3.8) is 0 Å². The number of nitrogens with zero attached hydrogens (tertiary/aromatic N) is 1. The van der Waals surface area contributed by atoms with Gasteiger partial charge in [-0.05, 0) is 36.6 Å². The lowest BCUT2D eigenvalue weighted by Crippen LogP contribution is -2.41. The highest BCUT2D eigenvalue weighted by Gasteiger charge is 2.06. The fourth-order valence-electron chi connectivity index (χ4n) is 1.86. The van der Waals surface area contributed by atoms with Crippen LogP contribution in [0, 0.1) is 0 Å². The molecule has 2 N–H and O–H groups in total. The topological polar surface area (TPSA) is 45.7 Å². The summed E-state index contributed by atoms with van der Waals surface area (Å²) in [5, 5.41) is 9.26. The van der Waals surface area contributed by atoms with Crippen molar-refractivity contribution in [3.05, 3.63) is 51.7 Å². The summed E-state index contributed by atoms with van der Waals surface area (Å²) < 4.78 is 5.81. The highest BCUT2D eigenvalue weighted by Crippen LogP contribution is 2.18. The third-order valence-electron chi connectivity index (χ3n) is 2.92. The average molecular weight is 466 g/mol. The molecule has 1 heterocycles. The monoisotopic (exact) mass is 465 g/mol. The molecule has 2 rings (SSSR count). The number of hydrogen-bond donors (Lipinski definition) is 2. The molecule has 0 fully saturated rings. The number of benzene rings is 1. The molecule has 0 saturated heterocycles. The quantitative estimate of drug-likeness (QED) is 0.383. The Morgan fingerprint density at radius 2 is 2.13 bits per heavy atom. The molecule has 23 heavy (non-hydrogen) atoms. The van der Waals surface area contributed by atoms with E-state index in [1.54, 1.807) is 18.4 Å². The predicted molar refractivity (Wildman–Crippen MR) is 109 cm³/mol. The van der Waals surface area contributed by atoms with Crippen molar-refractivity contribution in [2.45, 2.75) is 19.6 Å². The van der Waals surface area contributed by atoms with Crippen LogP contribution in [0.4, 0.5) is 0 Å². The highest BCUT2D eigenvalue weighted by molar-refractivity contribution is 14.0. The molecule has 2 aromatic rings. The standard InChI is InChI=1S/C16H20ClN3OS.HI/c1-12(21-14-6-3-5-13(17)9-14)10-19-16(18-2)20-11-15-7-4-8-22-15;/h3-9,12H,10-11H2,1-2H3,(H2,18,19,20);1H. The molecule has 0 saturated carbocycles. The predicted octanol–water partition coefficient (Wildman–Crippen LogP) is 4.15. The summed E-state index contributed by atoms with van der Waals surface area (Å²) in [6, 6.07) is 11.5. The largest absolute Gasteiger partial charge is 0.489 e. The maximum atomic E-state index is 5.94. The smallest absolute Gasteiger partial charge is 0.191 e. The lowest BCUT2D eigenvalue weighted by atomic mass is 10.3. The Balaban J connectivity index is 0.00000264. The second-order valence-corrected chi connectivity index (χ2v) is 6.24. The first kappa shape index (κ1) is 20.1. The minimum absolute atomic E-state index is 0. The molecule has 0 spiro atoms. The molecule has 0 amide bonds. The van der Waals surface area contributed by atoms with Crippen LogP contribution in [0.1, 0.15) is 11.8 Å². The van der Waals surface area contributed by atoms with Crippen LogP contribution in [0.5, 0.6) is 5.75 Å². The molecule has 0 aliphatic rings. The molecule has 7 heteroatoms. The summed E-state index contributed by atoms with van der Waals surface area (Å²) in [6.07, 6.45) is -0.00115. The van der Waals surface area contributed by atoms with Gasteiger partial charge in [0.25, 0.3) is 0 Å². The summed E-state index contributed by atoms with van der Waals surface area (Å²) >= 11 is 7.67. The normalized spacial score (nSPS) is 12.2. The highest BCUT2D eigenvalue weighted by atomic mass is 127. The molecule has 1 aromatic carbocycles. The van der Waals surface area contributed by atoms with Gasteiger partial charge in [-0.25, -0.2) is 0 Å². The van der Waals surface area contributed by atoms with Crippen molar-refractivity contribution in [1.29, 1.82) is 0 Å². The van der Waals surface area contributed by atoms with Crippen LogP contribution >= 0.6 is 46.9 Å². The Morgan fingerprint density at radius 1 is 1.30 bits per heavy atom. The first-order valence-corrected chi connectivity index (χ1v) is 8.32. The van der Waals surface area contributed by atoms with Crippen molar-refractivity contribution in [1.82, 2.24) is 10.6 Å². The molecule has 0 aliphatic heterocycles. The zero-order valence-corrected chi connectivity index (χ0v) is 17.0. The number of thiophene rings is 1. The van der Waals surface area contributed by atoms with Crippen LogP contribution < -0.4 is 15.4 Å². The minimum atomic E-state index is -0.00115. The van der Waals surface area contributed by atoms with E-state index in [9.17, 15) is 0 Å². The SMILES string of the molecule is CN=C(NCc1cccs1)NCC(C)Oc1cccc(Cl)c1.I. The van der Waals surface area contributed by atoms with Crippen LogP contribution in [-0.4, -0.2) is 25.7 Å². The van der Waals surface area contributed by atoms with E-state index in [0.717, 1.165) is 18.3 Å². The zero-order chi connectivity index (χ0) is 15.8. The lowest BCUT2D eigenvalue weighted by molar-refractivity contribution is 0.224. The third kappa shape index (κ3) is 7.41. The molecule has 0 aliphatic carbocycles. The van der Waals surface area contributed by atoms with E-state index in [1.165, 1.54) is 4.88 Å². The summed E-state index contributed by atoms with van der Waals surface area (Å²) in [6.45, 7) is 3.41. The Morgan fingerprint density at radius 3 is 2.78 bits per heavy atom. The molecule has 0 radical (unpaired) electrons. The van der Waals surface area contributed by atoms with Crippen LogP contribution in [0.25, 0.3) is 0 Å². The number of rotatable bonds is 6. The van der Waals surface area contributed by atoms with Crippen LogP contribution in [0.15, 0.2) is 46.8 Å². The molecule has 4 nitrogen and oxygen atoms in total. The third-order valence-corrected chi connectivity index (χ3v) is 4.04. The minimum Gasteiger partial charge on any atom is -0.489 e. The van der Waals surface area contributed by atoms with Gasteiger partial charge >= 0.3 is 0 Å². The Bertz CT molecular complexity index is 607. The van der Waals surface area contributed by atoms with Gasteiger partial charge in [-0.2, -0.15) is 0 Å². The van der Waals surface area contributed by atoms with Gasteiger partial charge < -0.3 is 15.4 Å². The van der Waals surface area contributed by atoms with E-state index >= 15 is 0 Å². The molecule has 0 bridgehead atoms. The fraction of sp³-hybridized carbons (Fsp3) is 0.312. The summed E-state index contributed by atoms with van der Waals surface area (Å²) in [5.74, 6) is 1.53. The van der Waals surface area contributed by atoms with Gasteiger partial charge in [-0.1, -0.05) is 23.7 Å². The van der Waals surface area contributed by atoms with Gasteiger partial charge in [-0.3, -0.25) is 4.99 Å². The maximum absolute atomic E-state index is 5.94. The molecule has 1 aromatic heterocycles. The van der Waals surface area contributed by atoms with Crippen LogP contribution in [0.2, 0.25) is 5.02 Å². The average Bonchev–Trinajstić information content (AvgIpc) is 3.01. The van der Waals surface area contributed by atoms with Gasteiger partial charge in [0.1, 0.15) is 11.9 Å². The van der Waals surface area contributed by atoms with Crippen LogP contribution in [-0.2, 0) is 6.54 Å². The van der Waals surface area contributed by atoms with Crippen molar-refractivity contribution in [2.75, 3.05) is 13.6 Å². The number of ether oxygens (including phenoxy) is 1. The number of nitrogens with one attached hydrogen (secondary N) is 2. The van der Waals surface area contributed by atoms with E-state index in [4.69, 9.17) is 16.3 Å². The molecular weight excluding hydrogens is 445 g/mol. The maximum Gasteiger partial charge on any atom is 0.191 e. The van der Waals surface area contributed by atoms with E-state index in [1.807, 2.05) is 37.3 Å². The zero-order valence-electron chi connectivity index (χ0n) is 13.1. The Labute approximate surface area is 163 Å². The van der Waals surface area contributed by atoms with E-state index in [2.05, 4.69) is 27.1 Å². The van der Waals surface area contributed by atoms with Crippen molar-refractivity contribution in [3.8, 4) is 5.75 Å². The Kier molecular flexibility index (Phi) is 9.35. The Hall–Kier alpha value is -0.990. The molecule has 1 unspecified atom stereocenters. The number of hydrogen-bond acceptors (Lipinski definition) is 3. The van der Waals surface area contributed by atoms with Gasteiger partial charge in [0, 0.05) is 16.9 Å². The summed E-state index contributed by atoms with van der Waals surface area (Å²) in [4.78, 5) is 5.47. The number of aliphatic imine (C=N–C) groups is 1. The van der Waals surface area contributed by atoms with Crippen molar-refractivity contribution >= 4 is 52.9 Å². The van der Waals surface area contributed by atoms with E-state index < -0.39 is 0 Å². The summed E-state index contributed by atoms with van der Waals surface area (Å²) in [5.41, 5.74) is 0. The van der Waals surface area contributed by atoms with Gasteiger partial charge in [0.2, 0.25) is 0 Å².